The lowest BCUT2D eigenvalue weighted by molar-refractivity contribution is -0.118. The summed E-state index contributed by atoms with van der Waals surface area (Å²) in [6, 6.07) is 9.97. The van der Waals surface area contributed by atoms with Gasteiger partial charge in [0.1, 0.15) is 10.7 Å². The number of carbonyl (C=O) groups excluding carboxylic acids is 1. The van der Waals surface area contributed by atoms with Gasteiger partial charge < -0.3 is 4.90 Å². The first-order valence-corrected chi connectivity index (χ1v) is 12.2. The van der Waals surface area contributed by atoms with Crippen LogP contribution in [-0.2, 0) is 27.7 Å². The summed E-state index contributed by atoms with van der Waals surface area (Å²) in [5, 5.41) is 9.39. The molecule has 1 atom stereocenters. The normalized spacial score (nSPS) is 15.4. The van der Waals surface area contributed by atoms with E-state index in [1.807, 2.05) is 38.9 Å². The molecular formula is C24H29FN4O2S. The van der Waals surface area contributed by atoms with E-state index < -0.39 is 21.6 Å². The van der Waals surface area contributed by atoms with Gasteiger partial charge in [0.05, 0.1) is 18.1 Å². The van der Waals surface area contributed by atoms with Crippen LogP contribution in [0.2, 0.25) is 0 Å². The Bertz CT molecular complexity index is 1160. The molecule has 3 rings (SSSR count). The Morgan fingerprint density at radius 2 is 2.00 bits per heavy atom. The van der Waals surface area contributed by atoms with Crippen LogP contribution >= 0.6 is 0 Å². The third kappa shape index (κ3) is 5.53. The molecule has 1 saturated carbocycles. The molecule has 0 aromatic heterocycles. The van der Waals surface area contributed by atoms with Gasteiger partial charge in [0.15, 0.2) is 9.92 Å². The summed E-state index contributed by atoms with van der Waals surface area (Å²) >= 11 is 0. The lowest BCUT2D eigenvalue weighted by Crippen LogP contribution is -2.32. The molecule has 0 saturated heterocycles. The van der Waals surface area contributed by atoms with Crippen molar-refractivity contribution in [1.29, 1.82) is 10.0 Å². The van der Waals surface area contributed by atoms with Crippen molar-refractivity contribution in [2.45, 2.75) is 56.4 Å². The molecule has 1 unspecified atom stereocenters. The summed E-state index contributed by atoms with van der Waals surface area (Å²) < 4.78 is 38.0. The van der Waals surface area contributed by atoms with E-state index in [0.29, 0.717) is 23.6 Å². The van der Waals surface area contributed by atoms with Crippen LogP contribution in [0.1, 0.15) is 66.3 Å². The number of hydrogen-bond acceptors (Lipinski definition) is 5. The Morgan fingerprint density at radius 3 is 2.53 bits per heavy atom. The molecule has 32 heavy (non-hydrogen) atoms. The Balaban J connectivity index is 1.86. The molecule has 2 aromatic carbocycles. The number of nitrogens with zero attached hydrogens (tertiary/aromatic N) is 2. The minimum absolute atomic E-state index is 0.0682. The van der Waals surface area contributed by atoms with E-state index in [1.54, 1.807) is 12.1 Å². The maximum Gasteiger partial charge on any atom is 0.236 e. The molecule has 1 aliphatic rings. The molecule has 0 bridgehead atoms. The van der Waals surface area contributed by atoms with Crippen LogP contribution in [0, 0.1) is 21.9 Å². The van der Waals surface area contributed by atoms with Crippen molar-refractivity contribution in [3.05, 3.63) is 64.0 Å². The first-order chi connectivity index (χ1) is 15.0. The molecule has 0 radical (unpaired) electrons. The molecule has 0 spiro atoms. The molecule has 8 heteroatoms. The van der Waals surface area contributed by atoms with Crippen molar-refractivity contribution >= 4 is 15.8 Å². The van der Waals surface area contributed by atoms with Gasteiger partial charge >= 0.3 is 0 Å². The summed E-state index contributed by atoms with van der Waals surface area (Å²) in [4.78, 5) is 14.4. The Morgan fingerprint density at radius 1 is 1.31 bits per heavy atom. The lowest BCUT2D eigenvalue weighted by Gasteiger charge is -2.19. The van der Waals surface area contributed by atoms with Crippen molar-refractivity contribution in [3.8, 4) is 6.07 Å². The molecule has 1 amide bonds. The maximum absolute atomic E-state index is 14.6. The highest BCUT2D eigenvalue weighted by Crippen LogP contribution is 2.44. The number of benzene rings is 2. The molecule has 6 nitrogen and oxygen atoms in total. The van der Waals surface area contributed by atoms with Gasteiger partial charge in [-0.25, -0.2) is 13.4 Å². The third-order valence-electron chi connectivity index (χ3n) is 5.49. The van der Waals surface area contributed by atoms with Crippen molar-refractivity contribution in [2.24, 2.45) is 0 Å². The molecule has 2 N–H and O–H groups in total. The van der Waals surface area contributed by atoms with E-state index in [0.717, 1.165) is 29.5 Å². The second-order valence-electron chi connectivity index (χ2n) is 8.93. The van der Waals surface area contributed by atoms with E-state index in [9.17, 15) is 18.7 Å². The highest BCUT2D eigenvalue weighted by Gasteiger charge is 2.30. The van der Waals surface area contributed by atoms with E-state index in [1.165, 1.54) is 12.1 Å². The highest BCUT2D eigenvalue weighted by atomic mass is 32.2. The standard InChI is InChI=1S/C24H29FN4O2S/c1-15(2)19-9-17(13-26)10-20(18-6-7-18)21(19)12-24(30)28-32(27,31)23-8-5-16(11-22(23)25)14-29(3)4/h5,8-11,15,18H,6-7,12,14H2,1-4H3,(H2,27,28,30,31). The number of rotatable bonds is 8. The fraction of sp³-hybridized carbons (Fsp3) is 0.417. The molecular weight excluding hydrogens is 427 g/mol. The minimum Gasteiger partial charge on any atom is -0.305 e. The van der Waals surface area contributed by atoms with E-state index in [2.05, 4.69) is 10.8 Å². The third-order valence-corrected chi connectivity index (χ3v) is 6.95. The fourth-order valence-electron chi connectivity index (χ4n) is 3.91. The summed E-state index contributed by atoms with van der Waals surface area (Å²) in [5.41, 5.74) is 3.93. The van der Waals surface area contributed by atoms with E-state index in [4.69, 9.17) is 4.78 Å². The zero-order valence-corrected chi connectivity index (χ0v) is 19.7. The van der Waals surface area contributed by atoms with E-state index in [-0.39, 0.29) is 17.2 Å². The summed E-state index contributed by atoms with van der Waals surface area (Å²) in [5.74, 6) is -0.976. The average molecular weight is 457 g/mol. The van der Waals surface area contributed by atoms with Crippen LogP contribution in [0.3, 0.4) is 0 Å². The van der Waals surface area contributed by atoms with Crippen molar-refractivity contribution in [1.82, 2.24) is 9.62 Å². The Labute approximate surface area is 189 Å². The van der Waals surface area contributed by atoms with Gasteiger partial charge in [-0.2, -0.15) is 5.26 Å². The monoisotopic (exact) mass is 456 g/mol. The number of nitriles is 1. The molecule has 2 aromatic rings. The minimum atomic E-state index is -3.86. The Hall–Kier alpha value is -2.76. The SMILES string of the molecule is CC(C)c1cc(C#N)cc(C2CC2)c1CC(=O)NS(=N)(=O)c1ccc(CN(C)C)cc1F. The second kappa shape index (κ2) is 9.39. The van der Waals surface area contributed by atoms with Crippen LogP contribution in [-0.4, -0.2) is 29.1 Å². The topological polar surface area (TPSA) is 97.0 Å². The van der Waals surface area contributed by atoms with Gasteiger partial charge in [-0.05, 0) is 85.3 Å². The van der Waals surface area contributed by atoms with Crippen LogP contribution in [0.15, 0.2) is 35.2 Å². The molecule has 0 aliphatic heterocycles. The summed E-state index contributed by atoms with van der Waals surface area (Å²) in [6.07, 6.45) is 1.93. The van der Waals surface area contributed by atoms with Gasteiger partial charge in [0.25, 0.3) is 0 Å². The van der Waals surface area contributed by atoms with Gasteiger partial charge in [0.2, 0.25) is 5.91 Å². The average Bonchev–Trinajstić information content (AvgIpc) is 3.51. The van der Waals surface area contributed by atoms with Gasteiger partial charge in [-0.15, -0.1) is 0 Å². The van der Waals surface area contributed by atoms with Crippen LogP contribution in [0.4, 0.5) is 4.39 Å². The maximum atomic E-state index is 14.6. The van der Waals surface area contributed by atoms with Crippen molar-refractivity contribution < 1.29 is 13.4 Å². The van der Waals surface area contributed by atoms with Crippen molar-refractivity contribution in [2.75, 3.05) is 14.1 Å². The van der Waals surface area contributed by atoms with Gasteiger partial charge in [-0.3, -0.25) is 9.52 Å². The van der Waals surface area contributed by atoms with Gasteiger partial charge in [-0.1, -0.05) is 19.9 Å². The van der Waals surface area contributed by atoms with Crippen LogP contribution in [0.25, 0.3) is 0 Å². The first-order valence-electron chi connectivity index (χ1n) is 10.6. The van der Waals surface area contributed by atoms with Crippen molar-refractivity contribution in [3.63, 3.8) is 0 Å². The number of halogens is 1. The number of carbonyl (C=O) groups is 1. The number of amides is 1. The fourth-order valence-corrected chi connectivity index (χ4v) is 5.01. The predicted octanol–water partition coefficient (Wildman–Crippen LogP) is 4.44. The first kappa shape index (κ1) is 23.9. The lowest BCUT2D eigenvalue weighted by atomic mass is 9.87. The molecule has 1 fully saturated rings. The number of nitrogens with one attached hydrogen (secondary N) is 2. The largest absolute Gasteiger partial charge is 0.305 e. The van der Waals surface area contributed by atoms with Crippen LogP contribution in [0.5, 0.6) is 0 Å². The molecule has 0 heterocycles. The zero-order chi connectivity index (χ0) is 23.6. The summed E-state index contributed by atoms with van der Waals surface area (Å²) in [6.45, 7) is 4.49. The summed E-state index contributed by atoms with van der Waals surface area (Å²) in [7, 11) is -0.157. The highest BCUT2D eigenvalue weighted by molar-refractivity contribution is 7.91. The zero-order valence-electron chi connectivity index (χ0n) is 18.9. The molecule has 1 aliphatic carbocycles. The second-order valence-corrected chi connectivity index (χ2v) is 10.7. The Kier molecular flexibility index (Phi) is 7.01. The van der Waals surface area contributed by atoms with Gasteiger partial charge in [0, 0.05) is 6.54 Å². The van der Waals surface area contributed by atoms with Crippen LogP contribution < -0.4 is 4.72 Å². The quantitative estimate of drug-likeness (QED) is 0.614. The van der Waals surface area contributed by atoms with E-state index >= 15 is 0 Å². The smallest absolute Gasteiger partial charge is 0.236 e. The predicted molar refractivity (Wildman–Crippen MR) is 122 cm³/mol. The number of hydrogen-bond donors (Lipinski definition) is 2. The molecule has 170 valence electrons.